The average Bonchev–Trinajstić information content (AvgIpc) is 2.58. The van der Waals surface area contributed by atoms with Crippen molar-refractivity contribution in [3.8, 4) is 0 Å². The van der Waals surface area contributed by atoms with Gasteiger partial charge >= 0.3 is 7.60 Å². The molecule has 1 heterocycles. The van der Waals surface area contributed by atoms with Gasteiger partial charge < -0.3 is 13.8 Å². The Morgan fingerprint density at radius 3 is 2.29 bits per heavy atom. The summed E-state index contributed by atoms with van der Waals surface area (Å²) in [5.74, 6) is 0.188. The van der Waals surface area contributed by atoms with Crippen LogP contribution in [0.2, 0.25) is 0 Å². The van der Waals surface area contributed by atoms with Gasteiger partial charge in [0, 0.05) is 0 Å². The normalized spacial score (nSPS) is 25.7. The molecule has 1 atom stereocenters. The molecule has 0 aromatic rings. The molecule has 0 bridgehead atoms. The van der Waals surface area contributed by atoms with E-state index in [1.165, 1.54) is 0 Å². The van der Waals surface area contributed by atoms with Crippen LogP contribution in [-0.4, -0.2) is 31.3 Å². The number of alkyl halides is 1. The maximum absolute atomic E-state index is 12.5. The zero-order valence-electron chi connectivity index (χ0n) is 10.2. The predicted molar refractivity (Wildman–Crippen MR) is 68.8 cm³/mol. The number of rotatable bonds is 6. The van der Waals surface area contributed by atoms with Gasteiger partial charge in [0.25, 0.3) is 0 Å². The second-order valence-corrected chi connectivity index (χ2v) is 6.44. The highest BCUT2D eigenvalue weighted by molar-refractivity contribution is 7.58. The first-order valence-corrected chi connectivity index (χ1v) is 7.87. The molecule has 0 amide bonds. The van der Waals surface area contributed by atoms with Crippen LogP contribution in [0.1, 0.15) is 20.8 Å². The van der Waals surface area contributed by atoms with E-state index >= 15 is 0 Å². The SMILES string of the molecule is CCOP(=O)(OCC)C1=C(Cl)C(C)(CCl)OC1. The standard InChI is InChI=1S/C10H17Cl2O4P/c1-4-15-17(13,16-5-2)8-6-14-10(3,7-11)9(8)12/h4-7H2,1-3H3. The monoisotopic (exact) mass is 302 g/mol. The fourth-order valence-electron chi connectivity index (χ4n) is 1.49. The second kappa shape index (κ2) is 6.05. The molecule has 1 rings (SSSR count). The molecule has 0 saturated heterocycles. The van der Waals surface area contributed by atoms with Crippen LogP contribution in [0.25, 0.3) is 0 Å². The van der Waals surface area contributed by atoms with Gasteiger partial charge in [-0.2, -0.15) is 0 Å². The minimum absolute atomic E-state index is 0.124. The summed E-state index contributed by atoms with van der Waals surface area (Å²) in [6.07, 6.45) is 0. The molecule has 0 aromatic heterocycles. The summed E-state index contributed by atoms with van der Waals surface area (Å²) in [7, 11) is -3.35. The molecule has 0 fully saturated rings. The summed E-state index contributed by atoms with van der Waals surface area (Å²) >= 11 is 12.0. The zero-order valence-corrected chi connectivity index (χ0v) is 12.6. The Bertz CT molecular complexity index is 348. The van der Waals surface area contributed by atoms with E-state index < -0.39 is 13.2 Å². The Labute approximate surface area is 112 Å². The third-order valence-electron chi connectivity index (χ3n) is 2.43. The first-order valence-electron chi connectivity index (χ1n) is 5.42. The minimum Gasteiger partial charge on any atom is -0.363 e. The van der Waals surface area contributed by atoms with Crippen LogP contribution in [0.15, 0.2) is 10.3 Å². The largest absolute Gasteiger partial charge is 0.363 e. The van der Waals surface area contributed by atoms with Crippen molar-refractivity contribution in [2.24, 2.45) is 0 Å². The van der Waals surface area contributed by atoms with E-state index in [1.807, 2.05) is 0 Å². The van der Waals surface area contributed by atoms with Gasteiger partial charge in [0.05, 0.1) is 36.0 Å². The number of hydrogen-bond acceptors (Lipinski definition) is 4. The molecule has 0 spiro atoms. The van der Waals surface area contributed by atoms with Crippen molar-refractivity contribution in [2.75, 3.05) is 25.7 Å². The maximum Gasteiger partial charge on any atom is 0.360 e. The van der Waals surface area contributed by atoms with Gasteiger partial charge in [0.2, 0.25) is 0 Å². The summed E-state index contributed by atoms with van der Waals surface area (Å²) in [6, 6.07) is 0. The van der Waals surface area contributed by atoms with Crippen molar-refractivity contribution < 1.29 is 18.3 Å². The van der Waals surface area contributed by atoms with Crippen molar-refractivity contribution >= 4 is 30.8 Å². The van der Waals surface area contributed by atoms with Gasteiger partial charge in [-0.3, -0.25) is 4.57 Å². The summed E-state index contributed by atoms with van der Waals surface area (Å²) in [4.78, 5) is 0. The molecule has 4 nitrogen and oxygen atoms in total. The smallest absolute Gasteiger partial charge is 0.360 e. The molecule has 0 saturated carbocycles. The van der Waals surface area contributed by atoms with Crippen LogP contribution in [0, 0.1) is 0 Å². The Hall–Kier alpha value is 0.430. The Morgan fingerprint density at radius 1 is 1.41 bits per heavy atom. The van der Waals surface area contributed by atoms with E-state index in [1.54, 1.807) is 20.8 Å². The lowest BCUT2D eigenvalue weighted by atomic mass is 10.1. The van der Waals surface area contributed by atoms with Crippen molar-refractivity contribution in [1.82, 2.24) is 0 Å². The van der Waals surface area contributed by atoms with Gasteiger partial charge in [-0.25, -0.2) is 0 Å². The Morgan fingerprint density at radius 2 is 1.94 bits per heavy atom. The molecule has 0 aliphatic carbocycles. The van der Waals surface area contributed by atoms with E-state index in [-0.39, 0.29) is 25.7 Å². The van der Waals surface area contributed by atoms with Crippen LogP contribution in [0.3, 0.4) is 0 Å². The zero-order chi connectivity index (χ0) is 13.1. The quantitative estimate of drug-likeness (QED) is 0.554. The molecule has 0 aromatic carbocycles. The summed E-state index contributed by atoms with van der Waals surface area (Å²) in [6.45, 7) is 5.93. The predicted octanol–water partition coefficient (Wildman–Crippen LogP) is 3.73. The maximum atomic E-state index is 12.5. The second-order valence-electron chi connectivity index (χ2n) is 3.75. The Balaban J connectivity index is 3.09. The molecule has 1 aliphatic rings. The van der Waals surface area contributed by atoms with E-state index in [0.29, 0.717) is 10.3 Å². The third kappa shape index (κ3) is 3.06. The lowest BCUT2D eigenvalue weighted by Crippen LogP contribution is -2.27. The minimum atomic E-state index is -3.35. The van der Waals surface area contributed by atoms with Crippen LogP contribution in [0.5, 0.6) is 0 Å². The number of hydrogen-bond donors (Lipinski definition) is 0. The molecule has 7 heteroatoms. The molecular formula is C10H17Cl2O4P. The van der Waals surface area contributed by atoms with E-state index in [0.717, 1.165) is 0 Å². The van der Waals surface area contributed by atoms with Crippen molar-refractivity contribution in [1.29, 1.82) is 0 Å². The van der Waals surface area contributed by atoms with E-state index in [9.17, 15) is 4.57 Å². The molecule has 17 heavy (non-hydrogen) atoms. The molecule has 1 aliphatic heterocycles. The van der Waals surface area contributed by atoms with Gasteiger partial charge in [-0.05, 0) is 20.8 Å². The average molecular weight is 303 g/mol. The number of halogens is 2. The van der Waals surface area contributed by atoms with Crippen LogP contribution < -0.4 is 0 Å². The van der Waals surface area contributed by atoms with Crippen molar-refractivity contribution in [3.05, 3.63) is 10.3 Å². The van der Waals surface area contributed by atoms with Crippen LogP contribution in [-0.2, 0) is 18.3 Å². The van der Waals surface area contributed by atoms with Gasteiger partial charge in [0.1, 0.15) is 5.60 Å². The van der Waals surface area contributed by atoms with Gasteiger partial charge in [-0.15, -0.1) is 11.6 Å². The highest BCUT2D eigenvalue weighted by Crippen LogP contribution is 2.61. The molecule has 100 valence electrons. The summed E-state index contributed by atoms with van der Waals surface area (Å²) < 4.78 is 28.5. The van der Waals surface area contributed by atoms with E-state index in [4.69, 9.17) is 37.0 Å². The summed E-state index contributed by atoms with van der Waals surface area (Å²) in [5.41, 5.74) is -0.803. The summed E-state index contributed by atoms with van der Waals surface area (Å²) in [5, 5.41) is 0.712. The lowest BCUT2D eigenvalue weighted by Gasteiger charge is -2.20. The lowest BCUT2D eigenvalue weighted by molar-refractivity contribution is 0.0559. The molecule has 0 radical (unpaired) electrons. The van der Waals surface area contributed by atoms with Crippen LogP contribution >= 0.6 is 30.8 Å². The topological polar surface area (TPSA) is 44.8 Å². The first-order chi connectivity index (χ1) is 7.93. The fraction of sp³-hybridized carbons (Fsp3) is 0.800. The molecular weight excluding hydrogens is 286 g/mol. The van der Waals surface area contributed by atoms with Gasteiger partial charge in [0.15, 0.2) is 0 Å². The molecule has 0 N–H and O–H groups in total. The number of ether oxygens (including phenoxy) is 1. The van der Waals surface area contributed by atoms with Crippen molar-refractivity contribution in [3.63, 3.8) is 0 Å². The highest BCUT2D eigenvalue weighted by atomic mass is 35.5. The van der Waals surface area contributed by atoms with Gasteiger partial charge in [-0.1, -0.05) is 11.6 Å². The highest BCUT2D eigenvalue weighted by Gasteiger charge is 2.45. The van der Waals surface area contributed by atoms with Crippen molar-refractivity contribution in [2.45, 2.75) is 26.4 Å². The fourth-order valence-corrected chi connectivity index (χ4v) is 4.02. The third-order valence-corrected chi connectivity index (χ3v) is 5.91. The molecule has 1 unspecified atom stereocenters. The van der Waals surface area contributed by atoms with Crippen LogP contribution in [0.4, 0.5) is 0 Å². The van der Waals surface area contributed by atoms with E-state index in [2.05, 4.69) is 0 Å². The first kappa shape index (κ1) is 15.5. The Kier molecular flexibility index (Phi) is 5.51.